The van der Waals surface area contributed by atoms with Crippen LogP contribution in [0.5, 0.6) is 5.75 Å². The summed E-state index contributed by atoms with van der Waals surface area (Å²) >= 11 is 0. The minimum Gasteiger partial charge on any atom is -0.487 e. The van der Waals surface area contributed by atoms with Gasteiger partial charge in [-0.2, -0.15) is 0 Å². The molecule has 0 aromatic heterocycles. The van der Waals surface area contributed by atoms with Gasteiger partial charge in [0.15, 0.2) is 5.78 Å². The maximum absolute atomic E-state index is 12.4. The Morgan fingerprint density at radius 1 is 1.18 bits per heavy atom. The highest BCUT2D eigenvalue weighted by Crippen LogP contribution is 2.33. The second-order valence-electron chi connectivity index (χ2n) is 7.37. The van der Waals surface area contributed by atoms with Gasteiger partial charge in [-0.05, 0) is 56.2 Å². The van der Waals surface area contributed by atoms with Gasteiger partial charge in [-0.1, -0.05) is 12.1 Å². The van der Waals surface area contributed by atoms with Crippen molar-refractivity contribution in [3.8, 4) is 5.75 Å². The molecule has 1 aliphatic heterocycles. The first-order valence-corrected chi connectivity index (χ1v) is 10.4. The molecule has 2 aromatic rings. The van der Waals surface area contributed by atoms with Gasteiger partial charge in [0, 0.05) is 12.1 Å². The summed E-state index contributed by atoms with van der Waals surface area (Å²) in [5.74, 6) is 0.158. The van der Waals surface area contributed by atoms with E-state index in [1.54, 1.807) is 30.3 Å². The number of carbonyl (C=O) groups excluding carboxylic acids is 2. The standard InChI is InChI=1S/C20H22N2O5S/c1-20(2)12-17(23)16-11-14(5-8-18(16)27-20)19(24)22-10-9-13-3-6-15(7-4-13)28(21,25)26/h3-8,11H,9-10,12H2,1-2H3,(H,22,24)(H2,21,25,26). The molecular weight excluding hydrogens is 380 g/mol. The average Bonchev–Trinajstić information content (AvgIpc) is 2.60. The fourth-order valence-corrected chi connectivity index (χ4v) is 3.58. The first kappa shape index (κ1) is 20.0. The Labute approximate surface area is 163 Å². The Morgan fingerprint density at radius 3 is 2.50 bits per heavy atom. The summed E-state index contributed by atoms with van der Waals surface area (Å²) in [5.41, 5.74) is 1.13. The van der Waals surface area contributed by atoms with E-state index in [2.05, 4.69) is 5.32 Å². The number of Topliss-reactive ketones (excluding diaryl/α,β-unsaturated/α-hetero) is 1. The normalized spacial score (nSPS) is 15.5. The van der Waals surface area contributed by atoms with Crippen LogP contribution in [-0.2, 0) is 16.4 Å². The van der Waals surface area contributed by atoms with Crippen LogP contribution in [0.2, 0.25) is 0 Å². The van der Waals surface area contributed by atoms with Gasteiger partial charge in [0.25, 0.3) is 5.91 Å². The largest absolute Gasteiger partial charge is 0.487 e. The van der Waals surface area contributed by atoms with Crippen LogP contribution in [0.1, 0.15) is 46.5 Å². The highest BCUT2D eigenvalue weighted by Gasteiger charge is 2.32. The highest BCUT2D eigenvalue weighted by molar-refractivity contribution is 7.89. The molecule has 2 aromatic carbocycles. The molecule has 0 saturated carbocycles. The first-order chi connectivity index (χ1) is 13.0. The van der Waals surface area contributed by atoms with Gasteiger partial charge in [0.05, 0.1) is 16.9 Å². The molecule has 0 aliphatic carbocycles. The van der Waals surface area contributed by atoms with E-state index in [1.165, 1.54) is 12.1 Å². The average molecular weight is 402 g/mol. The topological polar surface area (TPSA) is 116 Å². The summed E-state index contributed by atoms with van der Waals surface area (Å²) in [4.78, 5) is 24.7. The third-order valence-electron chi connectivity index (χ3n) is 4.47. The Morgan fingerprint density at radius 2 is 1.86 bits per heavy atom. The lowest BCUT2D eigenvalue weighted by atomic mass is 9.92. The predicted octanol–water partition coefficient (Wildman–Crippen LogP) is 2.05. The van der Waals surface area contributed by atoms with Crippen molar-refractivity contribution in [3.05, 3.63) is 59.2 Å². The van der Waals surface area contributed by atoms with Crippen LogP contribution in [0.15, 0.2) is 47.4 Å². The summed E-state index contributed by atoms with van der Waals surface area (Å²) in [6, 6.07) is 11.0. The number of rotatable bonds is 5. The molecule has 0 fully saturated rings. The minimum absolute atomic E-state index is 0.0455. The molecule has 0 unspecified atom stereocenters. The Bertz CT molecular complexity index is 1030. The molecule has 28 heavy (non-hydrogen) atoms. The minimum atomic E-state index is -3.72. The molecule has 0 bridgehead atoms. The van der Waals surface area contributed by atoms with Crippen LogP contribution in [0, 0.1) is 0 Å². The van der Waals surface area contributed by atoms with Crippen molar-refractivity contribution in [2.45, 2.75) is 37.2 Å². The Hall–Kier alpha value is -2.71. The fourth-order valence-electron chi connectivity index (χ4n) is 3.06. The molecule has 3 N–H and O–H groups in total. The second-order valence-corrected chi connectivity index (χ2v) is 8.93. The van der Waals surface area contributed by atoms with Crippen molar-refractivity contribution < 1.29 is 22.7 Å². The first-order valence-electron chi connectivity index (χ1n) is 8.81. The van der Waals surface area contributed by atoms with Gasteiger partial charge in [-0.3, -0.25) is 9.59 Å². The molecule has 0 radical (unpaired) electrons. The van der Waals surface area contributed by atoms with Crippen LogP contribution in [-0.4, -0.2) is 32.3 Å². The zero-order valence-corrected chi connectivity index (χ0v) is 16.5. The van der Waals surface area contributed by atoms with E-state index in [9.17, 15) is 18.0 Å². The number of hydrogen-bond acceptors (Lipinski definition) is 5. The number of primary sulfonamides is 1. The SMILES string of the molecule is CC1(C)CC(=O)c2cc(C(=O)NCCc3ccc(S(N)(=O)=O)cc3)ccc2O1. The van der Waals surface area contributed by atoms with E-state index < -0.39 is 15.6 Å². The summed E-state index contributed by atoms with van der Waals surface area (Å²) < 4.78 is 28.3. The van der Waals surface area contributed by atoms with Gasteiger partial charge < -0.3 is 10.1 Å². The molecule has 0 spiro atoms. The molecule has 0 atom stereocenters. The third-order valence-corrected chi connectivity index (χ3v) is 5.40. The van der Waals surface area contributed by atoms with Gasteiger partial charge in [-0.15, -0.1) is 0 Å². The zero-order valence-electron chi connectivity index (χ0n) is 15.7. The number of carbonyl (C=O) groups is 2. The number of nitrogens with two attached hydrogens (primary N) is 1. The molecule has 0 saturated heterocycles. The van der Waals surface area contributed by atoms with Crippen LogP contribution < -0.4 is 15.2 Å². The Balaban J connectivity index is 1.61. The molecule has 1 heterocycles. The van der Waals surface area contributed by atoms with Crippen molar-refractivity contribution in [3.63, 3.8) is 0 Å². The maximum Gasteiger partial charge on any atom is 0.251 e. The van der Waals surface area contributed by atoms with E-state index in [0.717, 1.165) is 5.56 Å². The summed E-state index contributed by atoms with van der Waals surface area (Å²) in [7, 11) is -3.72. The number of hydrogen-bond donors (Lipinski definition) is 2. The number of nitrogens with one attached hydrogen (secondary N) is 1. The van der Waals surface area contributed by atoms with Crippen molar-refractivity contribution in [2.24, 2.45) is 5.14 Å². The molecule has 1 amide bonds. The lowest BCUT2D eigenvalue weighted by Gasteiger charge is -2.31. The van der Waals surface area contributed by atoms with Gasteiger partial charge in [0.1, 0.15) is 11.4 Å². The van der Waals surface area contributed by atoms with Crippen LogP contribution >= 0.6 is 0 Å². The van der Waals surface area contributed by atoms with E-state index in [-0.39, 0.29) is 23.0 Å². The van der Waals surface area contributed by atoms with Crippen LogP contribution in [0.25, 0.3) is 0 Å². The molecule has 7 nitrogen and oxygen atoms in total. The number of ketones is 1. The molecule has 1 aliphatic rings. The lowest BCUT2D eigenvalue weighted by Crippen LogP contribution is -2.36. The molecule has 8 heteroatoms. The van der Waals surface area contributed by atoms with Crippen LogP contribution in [0.3, 0.4) is 0 Å². The third kappa shape index (κ3) is 4.58. The van der Waals surface area contributed by atoms with Crippen molar-refractivity contribution in [1.29, 1.82) is 0 Å². The smallest absolute Gasteiger partial charge is 0.251 e. The summed E-state index contributed by atoms with van der Waals surface area (Å²) in [6.45, 7) is 4.07. The number of amides is 1. The maximum atomic E-state index is 12.4. The van der Waals surface area contributed by atoms with Crippen molar-refractivity contribution >= 4 is 21.7 Å². The van der Waals surface area contributed by atoms with Crippen molar-refractivity contribution in [2.75, 3.05) is 6.54 Å². The van der Waals surface area contributed by atoms with E-state index >= 15 is 0 Å². The van der Waals surface area contributed by atoms with E-state index in [4.69, 9.17) is 9.88 Å². The summed E-state index contributed by atoms with van der Waals surface area (Å²) in [6.07, 6.45) is 0.789. The second kappa shape index (κ2) is 7.37. The lowest BCUT2D eigenvalue weighted by molar-refractivity contribution is 0.0620. The number of sulfonamides is 1. The zero-order chi connectivity index (χ0) is 20.5. The number of fused-ring (bicyclic) bond motifs is 1. The fraction of sp³-hybridized carbons (Fsp3) is 0.300. The van der Waals surface area contributed by atoms with E-state index in [1.807, 2.05) is 13.8 Å². The predicted molar refractivity (Wildman–Crippen MR) is 104 cm³/mol. The molecule has 148 valence electrons. The Kier molecular flexibility index (Phi) is 5.27. The van der Waals surface area contributed by atoms with Gasteiger partial charge >= 0.3 is 0 Å². The van der Waals surface area contributed by atoms with E-state index in [0.29, 0.717) is 29.8 Å². The number of ether oxygens (including phenoxy) is 1. The number of benzene rings is 2. The molecular formula is C20H22N2O5S. The quantitative estimate of drug-likeness (QED) is 0.794. The van der Waals surface area contributed by atoms with Crippen molar-refractivity contribution in [1.82, 2.24) is 5.32 Å². The highest BCUT2D eigenvalue weighted by atomic mass is 32.2. The monoisotopic (exact) mass is 402 g/mol. The van der Waals surface area contributed by atoms with Gasteiger partial charge in [-0.25, -0.2) is 13.6 Å². The molecule has 3 rings (SSSR count). The summed E-state index contributed by atoms with van der Waals surface area (Å²) in [5, 5.41) is 7.86. The van der Waals surface area contributed by atoms with Crippen LogP contribution in [0.4, 0.5) is 0 Å². The van der Waals surface area contributed by atoms with Gasteiger partial charge in [0.2, 0.25) is 10.0 Å².